The normalized spacial score (nSPS) is 12.8. The van der Waals surface area contributed by atoms with E-state index in [0.717, 1.165) is 17.7 Å². The number of carbonyl (C=O) groups is 2. The second kappa shape index (κ2) is 9.16. The van der Waals surface area contributed by atoms with Gasteiger partial charge in [0.05, 0.1) is 5.69 Å². The summed E-state index contributed by atoms with van der Waals surface area (Å²) in [6.07, 6.45) is 0.974. The number of rotatable bonds is 7. The monoisotopic (exact) mass is 371 g/mol. The number of hydrogen-bond acceptors (Lipinski definition) is 3. The Morgan fingerprint density at radius 1 is 1.04 bits per heavy atom. The number of benzene rings is 2. The number of anilines is 3. The van der Waals surface area contributed by atoms with Gasteiger partial charge < -0.3 is 16.0 Å². The third-order valence-electron chi connectivity index (χ3n) is 4.42. The molecule has 0 spiro atoms. The summed E-state index contributed by atoms with van der Waals surface area (Å²) in [4.78, 5) is 23.8. The minimum absolute atomic E-state index is 0.0715. The molecule has 3 N–H and O–H groups in total. The molecule has 0 saturated carbocycles. The first-order valence-electron chi connectivity index (χ1n) is 9.05. The van der Waals surface area contributed by atoms with Crippen molar-refractivity contribution < 1.29 is 14.0 Å². The largest absolute Gasteiger partial charge is 0.374 e. The summed E-state index contributed by atoms with van der Waals surface area (Å²) in [5, 5.41) is 8.42. The van der Waals surface area contributed by atoms with Crippen LogP contribution in [0.4, 0.5) is 21.5 Å². The number of amides is 2. The van der Waals surface area contributed by atoms with Gasteiger partial charge in [0.25, 0.3) is 0 Å². The number of hydrogen-bond donors (Lipinski definition) is 3. The highest BCUT2D eigenvalue weighted by Gasteiger charge is 2.16. The Morgan fingerprint density at radius 2 is 1.74 bits per heavy atom. The molecule has 0 heterocycles. The maximum atomic E-state index is 13.7. The van der Waals surface area contributed by atoms with Crippen molar-refractivity contribution in [3.8, 4) is 0 Å². The second-order valence-electron chi connectivity index (χ2n) is 6.63. The van der Waals surface area contributed by atoms with E-state index in [2.05, 4.69) is 29.8 Å². The predicted molar refractivity (Wildman–Crippen MR) is 108 cm³/mol. The fourth-order valence-electron chi connectivity index (χ4n) is 2.72. The highest BCUT2D eigenvalue weighted by molar-refractivity contribution is 5.97. The van der Waals surface area contributed by atoms with Crippen LogP contribution >= 0.6 is 0 Å². The Labute approximate surface area is 159 Å². The van der Waals surface area contributed by atoms with E-state index >= 15 is 0 Å². The molecule has 0 aliphatic rings. The molecule has 2 amide bonds. The summed E-state index contributed by atoms with van der Waals surface area (Å²) in [5.74, 6) is -0.757. The van der Waals surface area contributed by atoms with Gasteiger partial charge >= 0.3 is 0 Å². The summed E-state index contributed by atoms with van der Waals surface area (Å²) in [6, 6.07) is 11.4. The van der Waals surface area contributed by atoms with Crippen molar-refractivity contribution in [2.45, 2.75) is 46.1 Å². The van der Waals surface area contributed by atoms with E-state index in [1.54, 1.807) is 6.92 Å². The average molecular weight is 371 g/mol. The van der Waals surface area contributed by atoms with Crippen LogP contribution in [0.2, 0.25) is 0 Å². The van der Waals surface area contributed by atoms with Crippen molar-refractivity contribution in [2.24, 2.45) is 0 Å². The van der Waals surface area contributed by atoms with Crippen LogP contribution in [0.1, 0.15) is 45.6 Å². The number of para-hydroxylation sites is 1. The van der Waals surface area contributed by atoms with E-state index in [1.807, 2.05) is 24.3 Å². The average Bonchev–Trinajstić information content (AvgIpc) is 2.63. The lowest BCUT2D eigenvalue weighted by Gasteiger charge is -2.19. The lowest BCUT2D eigenvalue weighted by molar-refractivity contribution is -0.116. The van der Waals surface area contributed by atoms with Gasteiger partial charge in [-0.15, -0.1) is 0 Å². The Bertz CT molecular complexity index is 823. The lowest BCUT2D eigenvalue weighted by Crippen LogP contribution is -2.32. The first-order valence-corrected chi connectivity index (χ1v) is 9.05. The molecule has 0 fully saturated rings. The zero-order chi connectivity index (χ0) is 20.0. The van der Waals surface area contributed by atoms with Gasteiger partial charge in [-0.2, -0.15) is 0 Å². The van der Waals surface area contributed by atoms with E-state index in [9.17, 15) is 14.0 Å². The molecular weight excluding hydrogens is 345 g/mol. The Hall–Kier alpha value is -2.89. The molecule has 144 valence electrons. The van der Waals surface area contributed by atoms with Gasteiger partial charge in [0.1, 0.15) is 11.9 Å². The van der Waals surface area contributed by atoms with E-state index in [4.69, 9.17) is 0 Å². The van der Waals surface area contributed by atoms with Crippen LogP contribution < -0.4 is 16.0 Å². The fraction of sp³-hybridized carbons (Fsp3) is 0.333. The molecule has 5 nitrogen and oxygen atoms in total. The summed E-state index contributed by atoms with van der Waals surface area (Å²) in [7, 11) is 0. The van der Waals surface area contributed by atoms with Crippen LogP contribution in [0.25, 0.3) is 0 Å². The molecule has 0 aliphatic carbocycles. The number of halogens is 1. The molecule has 0 unspecified atom stereocenters. The molecule has 0 saturated heterocycles. The van der Waals surface area contributed by atoms with E-state index < -0.39 is 11.9 Å². The number of nitrogens with one attached hydrogen (secondary N) is 3. The molecule has 0 bridgehead atoms. The topological polar surface area (TPSA) is 70.2 Å². The third-order valence-corrected chi connectivity index (χ3v) is 4.42. The molecule has 2 aromatic rings. The molecule has 2 rings (SSSR count). The van der Waals surface area contributed by atoms with Crippen LogP contribution in [-0.2, 0) is 9.59 Å². The molecule has 2 atom stereocenters. The summed E-state index contributed by atoms with van der Waals surface area (Å²) in [6.45, 7) is 7.26. The fourth-order valence-corrected chi connectivity index (χ4v) is 2.72. The van der Waals surface area contributed by atoms with Gasteiger partial charge in [0, 0.05) is 18.3 Å². The zero-order valence-electron chi connectivity index (χ0n) is 16.1. The Balaban J connectivity index is 2.10. The first-order chi connectivity index (χ1) is 12.8. The Morgan fingerprint density at radius 3 is 2.41 bits per heavy atom. The molecule has 6 heteroatoms. The van der Waals surface area contributed by atoms with Crippen LogP contribution in [0.3, 0.4) is 0 Å². The van der Waals surface area contributed by atoms with E-state index in [1.165, 1.54) is 25.1 Å². The third kappa shape index (κ3) is 5.54. The Kier molecular flexibility index (Phi) is 6.93. The first kappa shape index (κ1) is 20.4. The lowest BCUT2D eigenvalue weighted by atomic mass is 9.97. The highest BCUT2D eigenvalue weighted by atomic mass is 19.1. The van der Waals surface area contributed by atoms with Gasteiger partial charge in [0.2, 0.25) is 11.8 Å². The van der Waals surface area contributed by atoms with E-state index in [0.29, 0.717) is 11.6 Å². The van der Waals surface area contributed by atoms with E-state index in [-0.39, 0.29) is 17.5 Å². The van der Waals surface area contributed by atoms with Crippen molar-refractivity contribution in [1.82, 2.24) is 0 Å². The van der Waals surface area contributed by atoms with Crippen LogP contribution in [0, 0.1) is 5.82 Å². The number of carbonyl (C=O) groups excluding carboxylic acids is 2. The second-order valence-corrected chi connectivity index (χ2v) is 6.63. The quantitative estimate of drug-likeness (QED) is 0.658. The molecule has 0 aliphatic heterocycles. The van der Waals surface area contributed by atoms with Crippen LogP contribution in [0.5, 0.6) is 0 Å². The maximum absolute atomic E-state index is 13.7. The minimum Gasteiger partial charge on any atom is -0.374 e. The van der Waals surface area contributed by atoms with Crippen molar-refractivity contribution in [1.29, 1.82) is 0 Å². The van der Waals surface area contributed by atoms with Crippen LogP contribution in [0.15, 0.2) is 42.5 Å². The van der Waals surface area contributed by atoms with Crippen molar-refractivity contribution in [2.75, 3.05) is 16.0 Å². The van der Waals surface area contributed by atoms with Crippen molar-refractivity contribution in [3.63, 3.8) is 0 Å². The SMILES string of the molecule is CC[C@H](C)c1ccccc1NC(=O)[C@H](C)Nc1ccc(F)c(NC(C)=O)c1. The molecule has 2 aromatic carbocycles. The standard InChI is InChI=1S/C21H26FN3O2/c1-5-13(2)17-8-6-7-9-19(17)25-21(27)14(3)23-16-10-11-18(22)20(12-16)24-15(4)26/h6-14,23H,5H2,1-4H3,(H,24,26)(H,25,27)/t13-,14-/m0/s1. The van der Waals surface area contributed by atoms with Crippen molar-refractivity contribution >= 4 is 28.9 Å². The van der Waals surface area contributed by atoms with Crippen molar-refractivity contribution in [3.05, 3.63) is 53.8 Å². The molecule has 27 heavy (non-hydrogen) atoms. The van der Waals surface area contributed by atoms with Gasteiger partial charge in [-0.25, -0.2) is 4.39 Å². The van der Waals surface area contributed by atoms with Gasteiger partial charge in [-0.1, -0.05) is 32.0 Å². The highest BCUT2D eigenvalue weighted by Crippen LogP contribution is 2.27. The van der Waals surface area contributed by atoms with Gasteiger partial charge in [0.15, 0.2) is 0 Å². The summed E-state index contributed by atoms with van der Waals surface area (Å²) in [5.41, 5.74) is 2.50. The molecular formula is C21H26FN3O2. The van der Waals surface area contributed by atoms with Gasteiger partial charge in [-0.3, -0.25) is 9.59 Å². The molecule has 0 radical (unpaired) electrons. The summed E-state index contributed by atoms with van der Waals surface area (Å²) < 4.78 is 13.7. The smallest absolute Gasteiger partial charge is 0.246 e. The molecule has 0 aromatic heterocycles. The van der Waals surface area contributed by atoms with Crippen LogP contribution in [-0.4, -0.2) is 17.9 Å². The minimum atomic E-state index is -0.550. The zero-order valence-corrected chi connectivity index (χ0v) is 16.1. The predicted octanol–water partition coefficient (Wildman–Crippen LogP) is 4.74. The maximum Gasteiger partial charge on any atom is 0.246 e. The summed E-state index contributed by atoms with van der Waals surface area (Å²) >= 11 is 0. The van der Waals surface area contributed by atoms with Gasteiger partial charge in [-0.05, 0) is 49.1 Å².